The fourth-order valence-corrected chi connectivity index (χ4v) is 2.62. The summed E-state index contributed by atoms with van der Waals surface area (Å²) in [6.45, 7) is 10.0. The van der Waals surface area contributed by atoms with Gasteiger partial charge in [0.1, 0.15) is 0 Å². The van der Waals surface area contributed by atoms with Crippen LogP contribution in [0, 0.1) is 0 Å². The van der Waals surface area contributed by atoms with E-state index >= 15 is 0 Å². The van der Waals surface area contributed by atoms with Gasteiger partial charge >= 0.3 is 0 Å². The molecule has 1 heteroatoms. The van der Waals surface area contributed by atoms with E-state index in [-0.39, 0.29) is 0 Å². The second-order valence-electron chi connectivity index (χ2n) is 4.77. The maximum atomic E-state index is 4.20. The zero-order chi connectivity index (χ0) is 12.1. The highest BCUT2D eigenvalue weighted by Crippen LogP contribution is 2.28. The molecule has 0 N–H and O–H groups in total. The molecular formula is C16H21N. The van der Waals surface area contributed by atoms with Crippen molar-refractivity contribution in [2.75, 3.05) is 6.54 Å². The van der Waals surface area contributed by atoms with Gasteiger partial charge < -0.3 is 0 Å². The van der Waals surface area contributed by atoms with E-state index in [1.165, 1.54) is 30.4 Å². The predicted octanol–water partition coefficient (Wildman–Crippen LogP) is 3.78. The molecule has 0 aliphatic heterocycles. The fourth-order valence-electron chi connectivity index (χ4n) is 2.62. The molecule has 0 radical (unpaired) electrons. The largest absolute Gasteiger partial charge is 0.289 e. The minimum atomic E-state index is 0.549. The molecule has 1 fully saturated rings. The first kappa shape index (κ1) is 12.1. The molecule has 0 heterocycles. The second kappa shape index (κ2) is 5.83. The van der Waals surface area contributed by atoms with Gasteiger partial charge in [0.15, 0.2) is 0 Å². The molecule has 2 rings (SSSR count). The predicted molar refractivity (Wildman–Crippen MR) is 73.8 cm³/mol. The lowest BCUT2D eigenvalue weighted by Crippen LogP contribution is -2.33. The summed E-state index contributed by atoms with van der Waals surface area (Å²) in [6.07, 6.45) is 5.72. The summed E-state index contributed by atoms with van der Waals surface area (Å²) < 4.78 is 0. The molecule has 90 valence electrons. The Morgan fingerprint density at radius 3 is 2.65 bits per heavy atom. The molecule has 0 spiro atoms. The van der Waals surface area contributed by atoms with E-state index in [1.54, 1.807) is 0 Å². The number of rotatable bonds is 5. The molecule has 1 aliphatic carbocycles. The lowest BCUT2D eigenvalue weighted by atomic mass is 10.1. The van der Waals surface area contributed by atoms with Gasteiger partial charge in [-0.2, -0.15) is 0 Å². The highest BCUT2D eigenvalue weighted by Gasteiger charge is 2.24. The van der Waals surface area contributed by atoms with Gasteiger partial charge in [0.2, 0.25) is 0 Å². The molecule has 1 nitrogen and oxygen atoms in total. The first-order valence-electron chi connectivity index (χ1n) is 6.38. The van der Waals surface area contributed by atoms with Crippen LogP contribution in [0.1, 0.15) is 24.8 Å². The van der Waals surface area contributed by atoms with E-state index in [0.29, 0.717) is 6.04 Å². The average Bonchev–Trinajstić information content (AvgIpc) is 2.76. The molecular weight excluding hydrogens is 206 g/mol. The van der Waals surface area contributed by atoms with Crippen molar-refractivity contribution in [1.29, 1.82) is 0 Å². The summed E-state index contributed by atoms with van der Waals surface area (Å²) in [5.74, 6) is 0. The number of nitrogens with zero attached hydrogens (tertiary/aromatic N) is 1. The van der Waals surface area contributed by atoms with E-state index in [9.17, 15) is 0 Å². The van der Waals surface area contributed by atoms with Crippen molar-refractivity contribution < 1.29 is 0 Å². The van der Waals surface area contributed by atoms with Gasteiger partial charge in [-0.05, 0) is 24.8 Å². The van der Waals surface area contributed by atoms with Gasteiger partial charge in [0.05, 0.1) is 0 Å². The molecule has 1 aliphatic rings. The van der Waals surface area contributed by atoms with Crippen LogP contribution in [0.2, 0.25) is 0 Å². The maximum absolute atomic E-state index is 4.20. The summed E-state index contributed by atoms with van der Waals surface area (Å²) in [5, 5.41) is 0. The SMILES string of the molecule is C=CCN(Cc1ccccc1)C1CCCC1=C. The van der Waals surface area contributed by atoms with E-state index in [0.717, 1.165) is 13.1 Å². The van der Waals surface area contributed by atoms with E-state index < -0.39 is 0 Å². The highest BCUT2D eigenvalue weighted by molar-refractivity contribution is 5.17. The topological polar surface area (TPSA) is 3.24 Å². The molecule has 17 heavy (non-hydrogen) atoms. The van der Waals surface area contributed by atoms with Crippen molar-refractivity contribution in [2.45, 2.75) is 31.8 Å². The van der Waals surface area contributed by atoms with Crippen LogP contribution < -0.4 is 0 Å². The summed E-state index contributed by atoms with van der Waals surface area (Å²) >= 11 is 0. The summed E-state index contributed by atoms with van der Waals surface area (Å²) in [6, 6.07) is 11.2. The third-order valence-corrected chi connectivity index (χ3v) is 3.48. The normalized spacial score (nSPS) is 19.8. The highest BCUT2D eigenvalue weighted by atomic mass is 15.2. The maximum Gasteiger partial charge on any atom is 0.0311 e. The Bertz CT molecular complexity index is 380. The lowest BCUT2D eigenvalue weighted by Gasteiger charge is -2.28. The molecule has 1 atom stereocenters. The summed E-state index contributed by atoms with van der Waals surface area (Å²) in [4.78, 5) is 2.48. The second-order valence-corrected chi connectivity index (χ2v) is 4.77. The van der Waals surface area contributed by atoms with Crippen molar-refractivity contribution >= 4 is 0 Å². The van der Waals surface area contributed by atoms with Crippen molar-refractivity contribution in [3.8, 4) is 0 Å². The quantitative estimate of drug-likeness (QED) is 0.692. The van der Waals surface area contributed by atoms with Crippen molar-refractivity contribution in [3.05, 3.63) is 60.7 Å². The van der Waals surface area contributed by atoms with Gasteiger partial charge in [-0.1, -0.05) is 48.6 Å². The number of hydrogen-bond donors (Lipinski definition) is 0. The minimum absolute atomic E-state index is 0.549. The Hall–Kier alpha value is -1.34. The van der Waals surface area contributed by atoms with Crippen LogP contribution in [0.4, 0.5) is 0 Å². The monoisotopic (exact) mass is 227 g/mol. The van der Waals surface area contributed by atoms with Crippen LogP contribution >= 0.6 is 0 Å². The van der Waals surface area contributed by atoms with Crippen molar-refractivity contribution in [1.82, 2.24) is 4.90 Å². The number of hydrogen-bond acceptors (Lipinski definition) is 1. The lowest BCUT2D eigenvalue weighted by molar-refractivity contribution is 0.239. The Morgan fingerprint density at radius 2 is 2.06 bits per heavy atom. The average molecular weight is 227 g/mol. The third-order valence-electron chi connectivity index (χ3n) is 3.48. The summed E-state index contributed by atoms with van der Waals surface area (Å²) in [7, 11) is 0. The minimum Gasteiger partial charge on any atom is -0.289 e. The molecule has 0 bridgehead atoms. The first-order valence-corrected chi connectivity index (χ1v) is 6.38. The first-order chi connectivity index (χ1) is 8.31. The van der Waals surface area contributed by atoms with Crippen LogP contribution in [-0.2, 0) is 6.54 Å². The molecule has 0 amide bonds. The van der Waals surface area contributed by atoms with E-state index in [4.69, 9.17) is 0 Å². The smallest absolute Gasteiger partial charge is 0.0311 e. The zero-order valence-corrected chi connectivity index (χ0v) is 10.4. The summed E-state index contributed by atoms with van der Waals surface area (Å²) in [5.41, 5.74) is 2.76. The molecule has 1 aromatic carbocycles. The van der Waals surface area contributed by atoms with Crippen LogP contribution in [0.5, 0.6) is 0 Å². The van der Waals surface area contributed by atoms with Crippen LogP contribution in [0.3, 0.4) is 0 Å². The van der Waals surface area contributed by atoms with Crippen molar-refractivity contribution in [2.24, 2.45) is 0 Å². The third kappa shape index (κ3) is 3.07. The molecule has 1 aromatic rings. The van der Waals surface area contributed by atoms with E-state index in [1.807, 2.05) is 6.08 Å². The van der Waals surface area contributed by atoms with Gasteiger partial charge in [-0.15, -0.1) is 6.58 Å². The molecule has 0 aromatic heterocycles. The fraction of sp³-hybridized carbons (Fsp3) is 0.375. The Morgan fingerprint density at radius 1 is 1.29 bits per heavy atom. The Kier molecular flexibility index (Phi) is 4.16. The van der Waals surface area contributed by atoms with Crippen LogP contribution in [0.15, 0.2) is 55.1 Å². The van der Waals surface area contributed by atoms with Crippen LogP contribution in [-0.4, -0.2) is 17.5 Å². The van der Waals surface area contributed by atoms with Crippen molar-refractivity contribution in [3.63, 3.8) is 0 Å². The Labute approximate surface area is 104 Å². The molecule has 1 unspecified atom stereocenters. The zero-order valence-electron chi connectivity index (χ0n) is 10.4. The Balaban J connectivity index is 2.07. The van der Waals surface area contributed by atoms with Gasteiger partial charge in [-0.25, -0.2) is 0 Å². The van der Waals surface area contributed by atoms with Gasteiger partial charge in [-0.3, -0.25) is 4.90 Å². The van der Waals surface area contributed by atoms with E-state index in [2.05, 4.69) is 48.4 Å². The standard InChI is InChI=1S/C16H21N/c1-3-12-17(16-11-7-8-14(16)2)13-15-9-5-4-6-10-15/h3-6,9-10,16H,1-2,7-8,11-13H2. The molecule has 1 saturated carbocycles. The van der Waals surface area contributed by atoms with Gasteiger partial charge in [0.25, 0.3) is 0 Å². The molecule has 0 saturated heterocycles. The van der Waals surface area contributed by atoms with Gasteiger partial charge in [0, 0.05) is 19.1 Å². The van der Waals surface area contributed by atoms with Crippen LogP contribution in [0.25, 0.3) is 0 Å². The number of benzene rings is 1.